The molecule has 1 N–H and O–H groups in total. The van der Waals surface area contributed by atoms with Crippen molar-refractivity contribution in [3.05, 3.63) is 28.2 Å². The number of ether oxygens (including phenoxy) is 1. The van der Waals surface area contributed by atoms with Crippen LogP contribution in [-0.2, 0) is 6.42 Å². The molecule has 1 saturated carbocycles. The van der Waals surface area contributed by atoms with Gasteiger partial charge in [-0.05, 0) is 59.7 Å². The summed E-state index contributed by atoms with van der Waals surface area (Å²) in [4.78, 5) is 0. The van der Waals surface area contributed by atoms with Crippen molar-refractivity contribution >= 4 is 15.9 Å². The van der Waals surface area contributed by atoms with Gasteiger partial charge in [-0.25, -0.2) is 0 Å². The Balaban J connectivity index is 2.05. The lowest BCUT2D eigenvalue weighted by molar-refractivity contribution is 0.195. The Kier molecular flexibility index (Phi) is 3.87. The van der Waals surface area contributed by atoms with Crippen molar-refractivity contribution in [3.63, 3.8) is 0 Å². The molecule has 0 heterocycles. The summed E-state index contributed by atoms with van der Waals surface area (Å²) in [6.45, 7) is 2.61. The van der Waals surface area contributed by atoms with Crippen LogP contribution in [0.2, 0.25) is 0 Å². The molecule has 1 atom stereocenters. The summed E-state index contributed by atoms with van der Waals surface area (Å²) in [6, 6.07) is 5.96. The minimum atomic E-state index is -0.324. The molecule has 1 aliphatic carbocycles. The molecule has 1 unspecified atom stereocenters. The van der Waals surface area contributed by atoms with Gasteiger partial charge in [0.2, 0.25) is 0 Å². The van der Waals surface area contributed by atoms with Crippen molar-refractivity contribution in [1.29, 1.82) is 0 Å². The third-order valence-corrected chi connectivity index (χ3v) is 3.63. The van der Waals surface area contributed by atoms with E-state index in [9.17, 15) is 5.11 Å². The van der Waals surface area contributed by atoms with Gasteiger partial charge in [-0.1, -0.05) is 12.1 Å². The van der Waals surface area contributed by atoms with Crippen LogP contribution in [0.1, 0.15) is 25.3 Å². The molecule has 0 spiro atoms. The molecule has 0 aromatic heterocycles. The number of benzene rings is 1. The highest BCUT2D eigenvalue weighted by Crippen LogP contribution is 2.33. The van der Waals surface area contributed by atoms with Crippen molar-refractivity contribution in [1.82, 2.24) is 0 Å². The topological polar surface area (TPSA) is 29.5 Å². The molecule has 0 radical (unpaired) electrons. The second-order valence-corrected chi connectivity index (χ2v) is 5.33. The molecule has 1 aliphatic rings. The quantitative estimate of drug-likeness (QED) is 0.900. The van der Waals surface area contributed by atoms with Crippen LogP contribution in [-0.4, -0.2) is 17.8 Å². The first-order chi connectivity index (χ1) is 7.66. The molecule has 1 aromatic rings. The predicted molar refractivity (Wildman–Crippen MR) is 67.7 cm³/mol. The van der Waals surface area contributed by atoms with Gasteiger partial charge < -0.3 is 9.84 Å². The van der Waals surface area contributed by atoms with Crippen LogP contribution < -0.4 is 4.74 Å². The highest BCUT2D eigenvalue weighted by Gasteiger charge is 2.22. The van der Waals surface area contributed by atoms with Gasteiger partial charge in [0.25, 0.3) is 0 Å². The van der Waals surface area contributed by atoms with Crippen molar-refractivity contribution in [2.24, 2.45) is 5.92 Å². The summed E-state index contributed by atoms with van der Waals surface area (Å²) in [5, 5.41) is 9.39. The van der Waals surface area contributed by atoms with Crippen molar-refractivity contribution in [2.45, 2.75) is 32.3 Å². The maximum atomic E-state index is 9.39. The number of hydrogen-bond donors (Lipinski definition) is 1. The Bertz CT molecular complexity index is 359. The second kappa shape index (κ2) is 5.19. The van der Waals surface area contributed by atoms with Gasteiger partial charge in [0, 0.05) is 0 Å². The molecule has 0 saturated heterocycles. The van der Waals surface area contributed by atoms with E-state index in [1.165, 1.54) is 12.8 Å². The maximum Gasteiger partial charge on any atom is 0.133 e. The molecule has 0 amide bonds. The van der Waals surface area contributed by atoms with Crippen LogP contribution >= 0.6 is 15.9 Å². The molecule has 1 fully saturated rings. The molecular formula is C13H17BrO2. The summed E-state index contributed by atoms with van der Waals surface area (Å²) in [5.74, 6) is 1.65. The summed E-state index contributed by atoms with van der Waals surface area (Å²) in [6.07, 6.45) is 2.92. The van der Waals surface area contributed by atoms with Crippen molar-refractivity contribution in [2.75, 3.05) is 6.61 Å². The fraction of sp³-hybridized carbons (Fsp3) is 0.538. The van der Waals surface area contributed by atoms with E-state index in [1.807, 2.05) is 18.2 Å². The average Bonchev–Trinajstić information content (AvgIpc) is 3.02. The third-order valence-electron chi connectivity index (χ3n) is 2.73. The standard InChI is InChI=1S/C13H17BrO2/c1-9(15)7-11-3-2-4-12(13(11)14)16-8-10-5-6-10/h2-4,9-10,15H,5-8H2,1H3. The van der Waals surface area contributed by atoms with E-state index in [-0.39, 0.29) is 6.10 Å². The fourth-order valence-electron chi connectivity index (χ4n) is 1.64. The van der Waals surface area contributed by atoms with Gasteiger partial charge in [0.1, 0.15) is 5.75 Å². The van der Waals surface area contributed by atoms with Crippen LogP contribution in [0.3, 0.4) is 0 Å². The normalized spacial score (nSPS) is 17.2. The average molecular weight is 285 g/mol. The lowest BCUT2D eigenvalue weighted by atomic mass is 10.1. The van der Waals surface area contributed by atoms with E-state index < -0.39 is 0 Å². The lowest BCUT2D eigenvalue weighted by Crippen LogP contribution is -2.06. The van der Waals surface area contributed by atoms with Gasteiger partial charge in [-0.2, -0.15) is 0 Å². The van der Waals surface area contributed by atoms with E-state index >= 15 is 0 Å². The van der Waals surface area contributed by atoms with Crippen LogP contribution in [0.15, 0.2) is 22.7 Å². The van der Waals surface area contributed by atoms with Crippen LogP contribution in [0.4, 0.5) is 0 Å². The number of hydrogen-bond acceptors (Lipinski definition) is 2. The molecule has 0 bridgehead atoms. The fourth-order valence-corrected chi connectivity index (χ4v) is 2.18. The summed E-state index contributed by atoms with van der Waals surface area (Å²) in [5.41, 5.74) is 1.10. The van der Waals surface area contributed by atoms with E-state index in [0.29, 0.717) is 6.42 Å². The largest absolute Gasteiger partial charge is 0.492 e. The minimum Gasteiger partial charge on any atom is -0.492 e. The van der Waals surface area contributed by atoms with E-state index in [1.54, 1.807) is 6.92 Å². The molecule has 1 aromatic carbocycles. The Morgan fingerprint density at radius 1 is 1.50 bits per heavy atom. The first-order valence-electron chi connectivity index (χ1n) is 5.75. The molecule has 2 nitrogen and oxygen atoms in total. The molecule has 16 heavy (non-hydrogen) atoms. The van der Waals surface area contributed by atoms with Gasteiger partial charge in [0.05, 0.1) is 17.2 Å². The van der Waals surface area contributed by atoms with Gasteiger partial charge >= 0.3 is 0 Å². The number of rotatable bonds is 5. The molecule has 88 valence electrons. The van der Waals surface area contributed by atoms with Crippen molar-refractivity contribution < 1.29 is 9.84 Å². The zero-order chi connectivity index (χ0) is 11.5. The lowest BCUT2D eigenvalue weighted by Gasteiger charge is -2.12. The Labute approximate surface area is 105 Å². The first kappa shape index (κ1) is 11.9. The van der Waals surface area contributed by atoms with Crippen molar-refractivity contribution in [3.8, 4) is 5.75 Å². The van der Waals surface area contributed by atoms with E-state index in [0.717, 1.165) is 28.3 Å². The summed E-state index contributed by atoms with van der Waals surface area (Å²) < 4.78 is 6.74. The molecule has 2 rings (SSSR count). The Morgan fingerprint density at radius 3 is 2.88 bits per heavy atom. The van der Waals surface area contributed by atoms with Gasteiger partial charge in [-0.3, -0.25) is 0 Å². The molecule has 0 aliphatic heterocycles. The molecule has 3 heteroatoms. The van der Waals surface area contributed by atoms with Crippen LogP contribution in [0, 0.1) is 5.92 Å². The first-order valence-corrected chi connectivity index (χ1v) is 6.54. The van der Waals surface area contributed by atoms with E-state index in [4.69, 9.17) is 4.74 Å². The Hall–Kier alpha value is -0.540. The Morgan fingerprint density at radius 2 is 2.25 bits per heavy atom. The van der Waals surface area contributed by atoms with Crippen LogP contribution in [0.5, 0.6) is 5.75 Å². The number of aliphatic hydroxyl groups excluding tert-OH is 1. The zero-order valence-corrected chi connectivity index (χ0v) is 11.0. The maximum absolute atomic E-state index is 9.39. The van der Waals surface area contributed by atoms with Crippen LogP contribution in [0.25, 0.3) is 0 Å². The summed E-state index contributed by atoms with van der Waals surface area (Å²) >= 11 is 3.54. The SMILES string of the molecule is CC(O)Cc1cccc(OCC2CC2)c1Br. The van der Waals surface area contributed by atoms with E-state index in [2.05, 4.69) is 15.9 Å². The smallest absolute Gasteiger partial charge is 0.133 e. The number of halogens is 1. The monoisotopic (exact) mass is 284 g/mol. The number of aliphatic hydroxyl groups is 1. The second-order valence-electron chi connectivity index (χ2n) is 4.54. The molecular weight excluding hydrogens is 268 g/mol. The van der Waals surface area contributed by atoms with Gasteiger partial charge in [-0.15, -0.1) is 0 Å². The third kappa shape index (κ3) is 3.22. The summed E-state index contributed by atoms with van der Waals surface area (Å²) in [7, 11) is 0. The van der Waals surface area contributed by atoms with Gasteiger partial charge in [0.15, 0.2) is 0 Å². The predicted octanol–water partition coefficient (Wildman–Crippen LogP) is 3.16. The highest BCUT2D eigenvalue weighted by molar-refractivity contribution is 9.10. The highest BCUT2D eigenvalue weighted by atomic mass is 79.9. The zero-order valence-electron chi connectivity index (χ0n) is 9.45. The minimum absolute atomic E-state index is 0.324.